The van der Waals surface area contributed by atoms with E-state index in [0.717, 1.165) is 10.1 Å². The molecule has 128 valence electrons. The maximum atomic E-state index is 12.7. The molecule has 24 heavy (non-hydrogen) atoms. The van der Waals surface area contributed by atoms with Gasteiger partial charge in [-0.05, 0) is 23.9 Å². The average molecular weight is 349 g/mol. The molecule has 0 N–H and O–H groups in total. The standard InChI is InChI=1S/C17H19NO5S/c1-21-12-6-11-7-15(24-14(11)8-13(12)22-2)16(19)18-5-4-10(9-18)17(20)23-3/h6-8,10H,4-5,9H2,1-3H3. The molecule has 6 nitrogen and oxygen atoms in total. The van der Waals surface area contributed by atoms with Crippen molar-refractivity contribution in [3.8, 4) is 11.5 Å². The van der Waals surface area contributed by atoms with E-state index in [9.17, 15) is 9.59 Å². The molecule has 1 aromatic heterocycles. The molecule has 2 aromatic rings. The summed E-state index contributed by atoms with van der Waals surface area (Å²) in [6, 6.07) is 5.59. The number of benzene rings is 1. The van der Waals surface area contributed by atoms with Gasteiger partial charge in [-0.3, -0.25) is 9.59 Å². The van der Waals surface area contributed by atoms with Crippen LogP contribution in [0.2, 0.25) is 0 Å². The van der Waals surface area contributed by atoms with Gasteiger partial charge in [0.25, 0.3) is 5.91 Å². The Kier molecular flexibility index (Phi) is 4.62. The summed E-state index contributed by atoms with van der Waals surface area (Å²) in [7, 11) is 4.54. The number of hydrogen-bond donors (Lipinski definition) is 0. The van der Waals surface area contributed by atoms with Crippen LogP contribution in [0, 0.1) is 5.92 Å². The zero-order chi connectivity index (χ0) is 17.3. The molecule has 0 aliphatic carbocycles. The van der Waals surface area contributed by atoms with Crippen molar-refractivity contribution in [1.29, 1.82) is 0 Å². The first-order valence-corrected chi connectivity index (χ1v) is 8.41. The molecule has 0 radical (unpaired) electrons. The largest absolute Gasteiger partial charge is 0.493 e. The molecular weight excluding hydrogens is 330 g/mol. The van der Waals surface area contributed by atoms with Crippen LogP contribution in [-0.2, 0) is 9.53 Å². The van der Waals surface area contributed by atoms with E-state index in [1.165, 1.54) is 18.4 Å². The van der Waals surface area contributed by atoms with Gasteiger partial charge in [0.1, 0.15) is 0 Å². The highest BCUT2D eigenvalue weighted by atomic mass is 32.1. The van der Waals surface area contributed by atoms with Gasteiger partial charge < -0.3 is 19.1 Å². The third kappa shape index (κ3) is 2.91. The molecule has 7 heteroatoms. The molecule has 1 fully saturated rings. The first-order valence-electron chi connectivity index (χ1n) is 7.60. The number of esters is 1. The summed E-state index contributed by atoms with van der Waals surface area (Å²) in [6.07, 6.45) is 0.644. The number of carbonyl (C=O) groups is 2. The Balaban J connectivity index is 1.84. The smallest absolute Gasteiger partial charge is 0.310 e. The third-order valence-corrected chi connectivity index (χ3v) is 5.33. The van der Waals surface area contributed by atoms with Crippen molar-refractivity contribution >= 4 is 33.3 Å². The van der Waals surface area contributed by atoms with Gasteiger partial charge in [-0.1, -0.05) is 0 Å². The number of methoxy groups -OCH3 is 3. The lowest BCUT2D eigenvalue weighted by Gasteiger charge is -2.14. The maximum Gasteiger partial charge on any atom is 0.310 e. The van der Waals surface area contributed by atoms with E-state index in [0.29, 0.717) is 35.9 Å². The Bertz CT molecular complexity index is 744. The van der Waals surface area contributed by atoms with Gasteiger partial charge in [-0.15, -0.1) is 11.3 Å². The maximum absolute atomic E-state index is 12.7. The molecule has 0 saturated carbocycles. The molecule has 1 aromatic carbocycles. The number of likely N-dealkylation sites (tertiary alicyclic amines) is 1. The number of amides is 1. The third-order valence-electron chi connectivity index (χ3n) is 4.24. The van der Waals surface area contributed by atoms with Crippen LogP contribution in [0.5, 0.6) is 11.5 Å². The van der Waals surface area contributed by atoms with Crippen molar-refractivity contribution in [2.75, 3.05) is 34.4 Å². The monoisotopic (exact) mass is 349 g/mol. The van der Waals surface area contributed by atoms with E-state index in [1.54, 1.807) is 19.1 Å². The zero-order valence-corrected chi connectivity index (χ0v) is 14.6. The molecule has 1 unspecified atom stereocenters. The number of rotatable bonds is 4. The zero-order valence-electron chi connectivity index (χ0n) is 13.8. The first-order chi connectivity index (χ1) is 11.6. The van der Waals surface area contributed by atoms with Gasteiger partial charge in [0.05, 0.1) is 32.1 Å². The van der Waals surface area contributed by atoms with Gasteiger partial charge >= 0.3 is 5.97 Å². The van der Waals surface area contributed by atoms with Crippen molar-refractivity contribution in [3.63, 3.8) is 0 Å². The number of ether oxygens (including phenoxy) is 3. The molecule has 1 amide bonds. The van der Waals surface area contributed by atoms with Crippen molar-refractivity contribution in [2.24, 2.45) is 5.92 Å². The summed E-state index contributed by atoms with van der Waals surface area (Å²) in [5.41, 5.74) is 0. The van der Waals surface area contributed by atoms with Crippen LogP contribution >= 0.6 is 11.3 Å². The van der Waals surface area contributed by atoms with Gasteiger partial charge in [0.2, 0.25) is 0 Å². The summed E-state index contributed by atoms with van der Waals surface area (Å²) in [5, 5.41) is 0.935. The van der Waals surface area contributed by atoms with Crippen LogP contribution in [0.3, 0.4) is 0 Å². The van der Waals surface area contributed by atoms with Crippen LogP contribution < -0.4 is 9.47 Å². The normalized spacial score (nSPS) is 17.1. The van der Waals surface area contributed by atoms with Crippen LogP contribution in [0.15, 0.2) is 18.2 Å². The predicted molar refractivity (Wildman–Crippen MR) is 91.0 cm³/mol. The lowest BCUT2D eigenvalue weighted by Crippen LogP contribution is -2.29. The van der Waals surface area contributed by atoms with Crippen molar-refractivity contribution in [3.05, 3.63) is 23.1 Å². The van der Waals surface area contributed by atoms with E-state index in [-0.39, 0.29) is 17.8 Å². The van der Waals surface area contributed by atoms with Crippen LogP contribution in [-0.4, -0.2) is 51.2 Å². The number of fused-ring (bicyclic) bond motifs is 1. The molecule has 1 aliphatic heterocycles. The van der Waals surface area contributed by atoms with Gasteiger partial charge in [-0.25, -0.2) is 0 Å². The van der Waals surface area contributed by atoms with E-state index in [1.807, 2.05) is 18.2 Å². The summed E-state index contributed by atoms with van der Waals surface area (Å²) in [5.74, 6) is 0.733. The minimum Gasteiger partial charge on any atom is -0.493 e. The highest BCUT2D eigenvalue weighted by Gasteiger charge is 2.32. The average Bonchev–Trinajstić information content (AvgIpc) is 3.25. The Morgan fingerprint density at radius 2 is 1.83 bits per heavy atom. The lowest BCUT2D eigenvalue weighted by molar-refractivity contribution is -0.144. The Morgan fingerprint density at radius 1 is 1.12 bits per heavy atom. The van der Waals surface area contributed by atoms with Gasteiger partial charge in [0, 0.05) is 23.9 Å². The molecule has 1 saturated heterocycles. The molecular formula is C17H19NO5S. The lowest BCUT2D eigenvalue weighted by atomic mass is 10.1. The van der Waals surface area contributed by atoms with E-state index in [4.69, 9.17) is 14.2 Å². The number of nitrogens with zero attached hydrogens (tertiary/aromatic N) is 1. The van der Waals surface area contributed by atoms with Crippen LogP contribution in [0.25, 0.3) is 10.1 Å². The highest BCUT2D eigenvalue weighted by molar-refractivity contribution is 7.20. The van der Waals surface area contributed by atoms with E-state index in [2.05, 4.69) is 0 Å². The summed E-state index contributed by atoms with van der Waals surface area (Å²) < 4.78 is 16.3. The number of thiophene rings is 1. The fraction of sp³-hybridized carbons (Fsp3) is 0.412. The highest BCUT2D eigenvalue weighted by Crippen LogP contribution is 2.37. The van der Waals surface area contributed by atoms with Crippen molar-refractivity contribution < 1.29 is 23.8 Å². The number of hydrogen-bond acceptors (Lipinski definition) is 6. The quantitative estimate of drug-likeness (QED) is 0.794. The van der Waals surface area contributed by atoms with Crippen molar-refractivity contribution in [1.82, 2.24) is 4.90 Å². The van der Waals surface area contributed by atoms with Crippen LogP contribution in [0.4, 0.5) is 0 Å². The molecule has 1 atom stereocenters. The van der Waals surface area contributed by atoms with Gasteiger partial charge in [0.15, 0.2) is 11.5 Å². The minimum atomic E-state index is -0.254. The minimum absolute atomic E-state index is 0.0551. The fourth-order valence-electron chi connectivity index (χ4n) is 2.93. The topological polar surface area (TPSA) is 65.1 Å². The summed E-state index contributed by atoms with van der Waals surface area (Å²) in [4.78, 5) is 26.7. The molecule has 0 bridgehead atoms. The Morgan fingerprint density at radius 3 is 2.50 bits per heavy atom. The SMILES string of the molecule is COC(=O)C1CCN(C(=O)c2cc3cc(OC)c(OC)cc3s2)C1. The Hall–Kier alpha value is -2.28. The van der Waals surface area contributed by atoms with Crippen molar-refractivity contribution in [2.45, 2.75) is 6.42 Å². The fourth-order valence-corrected chi connectivity index (χ4v) is 3.97. The molecule has 1 aliphatic rings. The first kappa shape index (κ1) is 16.6. The summed E-state index contributed by atoms with van der Waals surface area (Å²) >= 11 is 1.41. The van der Waals surface area contributed by atoms with Gasteiger partial charge in [-0.2, -0.15) is 0 Å². The van der Waals surface area contributed by atoms with E-state index < -0.39 is 0 Å². The predicted octanol–water partition coefficient (Wildman–Crippen LogP) is 2.55. The summed E-state index contributed by atoms with van der Waals surface area (Å²) in [6.45, 7) is 0.978. The molecule has 3 rings (SSSR count). The second kappa shape index (κ2) is 6.68. The molecule has 0 spiro atoms. The number of carbonyl (C=O) groups excluding carboxylic acids is 2. The van der Waals surface area contributed by atoms with E-state index >= 15 is 0 Å². The molecule has 2 heterocycles. The second-order valence-electron chi connectivity index (χ2n) is 5.62. The second-order valence-corrected chi connectivity index (χ2v) is 6.70. The Labute approximate surface area is 143 Å². The van der Waals surface area contributed by atoms with Crippen LogP contribution in [0.1, 0.15) is 16.1 Å².